The molecule has 0 aliphatic carbocycles. The monoisotopic (exact) mass is 584 g/mol. The van der Waals surface area contributed by atoms with Crippen molar-refractivity contribution in [3.8, 4) is 23.7 Å². The lowest BCUT2D eigenvalue weighted by Crippen LogP contribution is -2.48. The number of tetrazole rings is 1. The lowest BCUT2D eigenvalue weighted by atomic mass is 9.84. The third-order valence-electron chi connectivity index (χ3n) is 6.46. The summed E-state index contributed by atoms with van der Waals surface area (Å²) in [6.45, 7) is -0.635. The summed E-state index contributed by atoms with van der Waals surface area (Å²) in [7, 11) is 0. The van der Waals surface area contributed by atoms with Gasteiger partial charge in [-0.2, -0.15) is 14.0 Å². The lowest BCUT2D eigenvalue weighted by molar-refractivity contribution is -0.207. The van der Waals surface area contributed by atoms with E-state index in [2.05, 4.69) is 38.4 Å². The summed E-state index contributed by atoms with van der Waals surface area (Å²) < 4.78 is 66.5. The number of nitriles is 1. The second kappa shape index (κ2) is 12.1. The molecular formula is C31H20F4N6O2. The molecule has 12 heteroatoms. The van der Waals surface area contributed by atoms with E-state index in [1.807, 2.05) is 12.1 Å². The first-order valence-electron chi connectivity index (χ1n) is 12.6. The van der Waals surface area contributed by atoms with E-state index in [0.717, 1.165) is 41.0 Å². The van der Waals surface area contributed by atoms with E-state index >= 15 is 8.78 Å². The second-order valence-corrected chi connectivity index (χ2v) is 9.37. The Morgan fingerprint density at radius 2 is 1.58 bits per heavy atom. The molecule has 1 atom stereocenters. The van der Waals surface area contributed by atoms with E-state index in [1.54, 1.807) is 36.4 Å². The van der Waals surface area contributed by atoms with E-state index in [4.69, 9.17) is 10.00 Å². The van der Waals surface area contributed by atoms with Crippen LogP contribution in [-0.2, 0) is 24.7 Å². The summed E-state index contributed by atoms with van der Waals surface area (Å²) in [5.41, 5.74) is -2.57. The lowest BCUT2D eigenvalue weighted by Gasteiger charge is -2.35. The standard InChI is InChI=1S/C31H20F4N6O2/c32-25-10-13-27(28(33)15-25)30(42,19-41-20-38-39-40-41)31(34,35)29-14-9-23(17-37-29)4-1-21-7-11-26(12-8-21)43-18-24-5-2-22(16-36)3-6-24/h2-3,5-15,17,20,42H,18-19H2. The quantitative estimate of drug-likeness (QED) is 0.205. The molecule has 0 radical (unpaired) electrons. The maximum Gasteiger partial charge on any atom is 0.323 e. The first-order chi connectivity index (χ1) is 20.7. The molecule has 2 aromatic heterocycles. The van der Waals surface area contributed by atoms with Crippen molar-refractivity contribution in [2.75, 3.05) is 0 Å². The van der Waals surface area contributed by atoms with Crippen molar-refractivity contribution in [2.45, 2.75) is 24.7 Å². The molecule has 0 bridgehead atoms. The molecule has 0 fully saturated rings. The van der Waals surface area contributed by atoms with E-state index in [-0.39, 0.29) is 0 Å². The summed E-state index contributed by atoms with van der Waals surface area (Å²) in [6.07, 6.45) is 2.08. The van der Waals surface area contributed by atoms with Gasteiger partial charge in [-0.15, -0.1) is 5.10 Å². The van der Waals surface area contributed by atoms with E-state index in [9.17, 15) is 13.9 Å². The zero-order valence-electron chi connectivity index (χ0n) is 22.1. The molecule has 5 rings (SSSR count). The van der Waals surface area contributed by atoms with Crippen molar-refractivity contribution in [2.24, 2.45) is 0 Å². The van der Waals surface area contributed by atoms with Crippen molar-refractivity contribution < 1.29 is 27.4 Å². The molecule has 5 aromatic rings. The van der Waals surface area contributed by atoms with Crippen LogP contribution < -0.4 is 4.74 Å². The van der Waals surface area contributed by atoms with Crippen molar-refractivity contribution >= 4 is 0 Å². The zero-order valence-corrected chi connectivity index (χ0v) is 22.1. The van der Waals surface area contributed by atoms with Gasteiger partial charge in [-0.25, -0.2) is 13.5 Å². The molecule has 214 valence electrons. The number of halogens is 4. The Kier molecular flexibility index (Phi) is 8.14. The highest BCUT2D eigenvalue weighted by Crippen LogP contribution is 2.46. The summed E-state index contributed by atoms with van der Waals surface area (Å²) in [6, 6.07) is 20.2. The molecule has 1 unspecified atom stereocenters. The van der Waals surface area contributed by atoms with Gasteiger partial charge in [0, 0.05) is 29.0 Å². The van der Waals surface area contributed by atoms with Gasteiger partial charge in [0.2, 0.25) is 0 Å². The molecule has 0 amide bonds. The minimum Gasteiger partial charge on any atom is -0.489 e. The van der Waals surface area contributed by atoms with Gasteiger partial charge < -0.3 is 9.84 Å². The number of aromatic nitrogens is 5. The van der Waals surface area contributed by atoms with E-state index in [1.165, 1.54) is 6.07 Å². The minimum atomic E-state index is -4.17. The van der Waals surface area contributed by atoms with Crippen LogP contribution in [0, 0.1) is 34.8 Å². The molecule has 0 saturated carbocycles. The van der Waals surface area contributed by atoms with E-state index in [0.29, 0.717) is 35.1 Å². The smallest absolute Gasteiger partial charge is 0.323 e. The number of alkyl halides is 2. The van der Waals surface area contributed by atoms with Gasteiger partial charge in [0.05, 0.1) is 18.2 Å². The first-order valence-corrected chi connectivity index (χ1v) is 12.6. The third kappa shape index (κ3) is 6.35. The largest absolute Gasteiger partial charge is 0.489 e. The number of rotatable bonds is 8. The topological polar surface area (TPSA) is 110 Å². The predicted octanol–water partition coefficient (Wildman–Crippen LogP) is 4.88. The number of ether oxygens (including phenoxy) is 1. The second-order valence-electron chi connectivity index (χ2n) is 9.37. The van der Waals surface area contributed by atoms with Gasteiger partial charge in [-0.05, 0) is 76.7 Å². The molecule has 0 spiro atoms. The molecule has 0 saturated heterocycles. The Morgan fingerprint density at radius 3 is 2.21 bits per heavy atom. The van der Waals surface area contributed by atoms with Gasteiger partial charge in [-0.3, -0.25) is 4.98 Å². The van der Waals surface area contributed by atoms with Crippen LogP contribution in [0.25, 0.3) is 0 Å². The number of hydrogen-bond acceptors (Lipinski definition) is 7. The molecular weight excluding hydrogens is 564 g/mol. The van der Waals surface area contributed by atoms with Crippen molar-refractivity contribution in [1.82, 2.24) is 25.2 Å². The predicted molar refractivity (Wildman–Crippen MR) is 144 cm³/mol. The Hall–Kier alpha value is -5.59. The highest BCUT2D eigenvalue weighted by molar-refractivity contribution is 5.44. The zero-order chi connectivity index (χ0) is 30.5. The van der Waals surface area contributed by atoms with Crippen LogP contribution in [0.5, 0.6) is 5.75 Å². The fourth-order valence-electron chi connectivity index (χ4n) is 4.15. The van der Waals surface area contributed by atoms with Crippen LogP contribution in [-0.4, -0.2) is 30.3 Å². The Morgan fingerprint density at radius 1 is 0.884 bits per heavy atom. The number of benzene rings is 3. The third-order valence-corrected chi connectivity index (χ3v) is 6.46. The summed E-state index contributed by atoms with van der Waals surface area (Å²) in [4.78, 5) is 3.80. The van der Waals surface area contributed by atoms with E-state index < -0.39 is 41.0 Å². The van der Waals surface area contributed by atoms with Gasteiger partial charge >= 0.3 is 5.92 Å². The van der Waals surface area contributed by atoms with Crippen LogP contribution in [0.1, 0.15) is 33.5 Å². The molecule has 0 aliphatic heterocycles. The van der Waals surface area contributed by atoms with Crippen LogP contribution in [0.4, 0.5) is 17.6 Å². The number of pyridine rings is 1. The van der Waals surface area contributed by atoms with Crippen LogP contribution >= 0.6 is 0 Å². The van der Waals surface area contributed by atoms with Crippen molar-refractivity contribution in [3.05, 3.63) is 137 Å². The molecule has 2 heterocycles. The fraction of sp³-hybridized carbons (Fsp3) is 0.129. The number of aliphatic hydroxyl groups is 1. The van der Waals surface area contributed by atoms with Gasteiger partial charge in [0.15, 0.2) is 5.60 Å². The Bertz CT molecular complexity index is 1810. The van der Waals surface area contributed by atoms with Crippen LogP contribution in [0.3, 0.4) is 0 Å². The average molecular weight is 585 g/mol. The van der Waals surface area contributed by atoms with Gasteiger partial charge in [-0.1, -0.05) is 24.0 Å². The Labute approximate surface area is 242 Å². The van der Waals surface area contributed by atoms with Crippen LogP contribution in [0.15, 0.2) is 91.4 Å². The Balaban J connectivity index is 1.31. The van der Waals surface area contributed by atoms with Crippen molar-refractivity contribution in [1.29, 1.82) is 5.26 Å². The van der Waals surface area contributed by atoms with Crippen LogP contribution in [0.2, 0.25) is 0 Å². The van der Waals surface area contributed by atoms with Crippen molar-refractivity contribution in [3.63, 3.8) is 0 Å². The van der Waals surface area contributed by atoms with Gasteiger partial charge in [0.25, 0.3) is 0 Å². The maximum absolute atomic E-state index is 15.9. The normalized spacial score (nSPS) is 12.5. The molecule has 0 aliphatic rings. The highest BCUT2D eigenvalue weighted by Gasteiger charge is 2.58. The molecule has 43 heavy (non-hydrogen) atoms. The number of nitrogens with zero attached hydrogens (tertiary/aromatic N) is 6. The minimum absolute atomic E-state index is 0.303. The average Bonchev–Trinajstić information content (AvgIpc) is 3.52. The highest BCUT2D eigenvalue weighted by atomic mass is 19.3. The number of hydrogen-bond donors (Lipinski definition) is 1. The van der Waals surface area contributed by atoms with Gasteiger partial charge in [0.1, 0.15) is 36.0 Å². The molecule has 3 aromatic carbocycles. The maximum atomic E-state index is 15.9. The molecule has 8 nitrogen and oxygen atoms in total. The first kappa shape index (κ1) is 28.9. The molecule has 1 N–H and O–H groups in total. The SMILES string of the molecule is N#Cc1ccc(COc2ccc(C#Cc3ccc(C(F)(F)C(O)(Cn4cnnn4)c4ccc(F)cc4F)nc3)cc2)cc1. The summed E-state index contributed by atoms with van der Waals surface area (Å²) in [5, 5.41) is 30.3. The summed E-state index contributed by atoms with van der Waals surface area (Å²) in [5.74, 6) is -0.196. The summed E-state index contributed by atoms with van der Waals surface area (Å²) >= 11 is 0. The fourth-order valence-corrected chi connectivity index (χ4v) is 4.15.